The Kier molecular flexibility index (Phi) is 7.11. The topological polar surface area (TPSA) is 54.8 Å². The van der Waals surface area contributed by atoms with E-state index in [9.17, 15) is 37.7 Å². The molecule has 278 valence electrons. The molecule has 0 spiro atoms. The second-order valence-electron chi connectivity index (χ2n) is 11.3. The first kappa shape index (κ1) is 22.6. The molecular formula is C41H40F5N3O3S. The Labute approximate surface area is 331 Å². The van der Waals surface area contributed by atoms with Crippen molar-refractivity contribution in [2.45, 2.75) is 55.2 Å². The van der Waals surface area contributed by atoms with Crippen LogP contribution in [0.3, 0.4) is 0 Å². The van der Waals surface area contributed by atoms with Gasteiger partial charge in [0, 0.05) is 69.1 Å². The minimum Gasteiger partial charge on any atom is -0.383 e. The maximum absolute atomic E-state index is 15.7. The number of ether oxygens (including phenoxy) is 1. The molecule has 5 aromatic rings. The van der Waals surface area contributed by atoms with Crippen molar-refractivity contribution in [3.63, 3.8) is 0 Å². The fraction of sp³-hybridized carbons (Fsp3) is 0.317. The number of para-hydroxylation sites is 1. The van der Waals surface area contributed by atoms with Crippen molar-refractivity contribution in [1.82, 2.24) is 14.4 Å². The van der Waals surface area contributed by atoms with Crippen LogP contribution in [0.5, 0.6) is 0 Å². The van der Waals surface area contributed by atoms with Crippen LogP contribution in [0.15, 0.2) is 107 Å². The van der Waals surface area contributed by atoms with Gasteiger partial charge in [0.15, 0.2) is 17.1 Å². The maximum Gasteiger partial charge on any atom is 0.416 e. The predicted octanol–water partition coefficient (Wildman–Crippen LogP) is 8.96. The van der Waals surface area contributed by atoms with Gasteiger partial charge in [-0.05, 0) is 66.7 Å². The minimum absolute atomic E-state index is 0.162. The highest BCUT2D eigenvalue weighted by atomic mass is 32.2. The van der Waals surface area contributed by atoms with Crippen LogP contribution in [0.2, 0.25) is 0 Å². The van der Waals surface area contributed by atoms with Gasteiger partial charge in [0.2, 0.25) is 5.91 Å². The molecule has 12 heteroatoms. The average Bonchev–Trinajstić information content (AvgIpc) is 3.25. The lowest BCUT2D eigenvalue weighted by Crippen LogP contribution is -2.49. The fourth-order valence-corrected chi connectivity index (χ4v) is 6.26. The van der Waals surface area contributed by atoms with E-state index in [4.69, 9.17) is 11.0 Å². The van der Waals surface area contributed by atoms with Gasteiger partial charge in [-0.15, -0.1) is 11.8 Å². The van der Waals surface area contributed by atoms with Crippen molar-refractivity contribution < 1.29 is 53.4 Å². The highest BCUT2D eigenvalue weighted by molar-refractivity contribution is 7.98. The largest absolute Gasteiger partial charge is 0.416 e. The number of likely N-dealkylation sites (tertiary alicyclic amines) is 1. The number of halogens is 5. The van der Waals surface area contributed by atoms with E-state index in [0.717, 1.165) is 66.7 Å². The van der Waals surface area contributed by atoms with E-state index in [2.05, 4.69) is 4.74 Å². The third-order valence-corrected chi connectivity index (χ3v) is 8.99. The second-order valence-corrected chi connectivity index (χ2v) is 12.3. The number of hydrogen-bond donors (Lipinski definition) is 0. The number of carbonyl (C=O) groups excluding carboxylic acids is 1. The summed E-state index contributed by atoms with van der Waals surface area (Å²) in [6.07, 6.45) is -13.8. The summed E-state index contributed by atoms with van der Waals surface area (Å²) >= 11 is 0.480. The SMILES string of the molecule is [2H]C(C)(c1ccc(-c2ccc(C(F)(F)F)cc2)cc1)N(C(=O)C([2H])([2H])n1c(SCc2cccc(F)c2F)cc(=O)c2ccccc21)C1([2H])C([2H])([2H])C([2H])([2H])N(C([2H])([2H])C([2H])([2H])OC)C([2H])([2H])C1([2H])[2H]. The lowest BCUT2D eigenvalue weighted by atomic mass is 9.96. The van der Waals surface area contributed by atoms with Crippen LogP contribution < -0.4 is 5.43 Å². The first-order valence-corrected chi connectivity index (χ1v) is 16.6. The van der Waals surface area contributed by atoms with Gasteiger partial charge >= 0.3 is 6.18 Å². The van der Waals surface area contributed by atoms with Crippen LogP contribution in [-0.2, 0) is 28.0 Å². The summed E-state index contributed by atoms with van der Waals surface area (Å²) in [7, 11) is 0.587. The third kappa shape index (κ3) is 8.83. The molecule has 2 heterocycles. The zero-order chi connectivity index (χ0) is 52.1. The van der Waals surface area contributed by atoms with Crippen LogP contribution in [0.1, 0.15) is 64.3 Å². The predicted molar refractivity (Wildman–Crippen MR) is 198 cm³/mol. The number of nitrogens with zero attached hydrogens (tertiary/aromatic N) is 3. The summed E-state index contributed by atoms with van der Waals surface area (Å²) in [6, 6.07) is 9.18. The van der Waals surface area contributed by atoms with Gasteiger partial charge < -0.3 is 19.1 Å². The Bertz CT molecular complexity index is 2820. The van der Waals surface area contributed by atoms with Crippen molar-refractivity contribution in [3.05, 3.63) is 136 Å². The number of methoxy groups -OCH3 is 1. The van der Waals surface area contributed by atoms with Gasteiger partial charge in [-0.2, -0.15) is 13.2 Å². The number of benzene rings is 4. The van der Waals surface area contributed by atoms with Crippen LogP contribution in [0.4, 0.5) is 22.0 Å². The summed E-state index contributed by atoms with van der Waals surface area (Å²) in [5, 5.41) is -0.801. The first-order valence-electron chi connectivity index (χ1n) is 23.6. The van der Waals surface area contributed by atoms with Crippen molar-refractivity contribution >= 4 is 28.6 Å². The molecule has 6 rings (SSSR count). The molecule has 1 aromatic heterocycles. The fourth-order valence-electron chi connectivity index (χ4n) is 5.27. The zero-order valence-corrected chi connectivity index (χ0v) is 28.6. The normalized spacial score (nSPS) is 25.0. The van der Waals surface area contributed by atoms with E-state index in [1.807, 2.05) is 0 Å². The van der Waals surface area contributed by atoms with Crippen LogP contribution in [0.25, 0.3) is 22.0 Å². The summed E-state index contributed by atoms with van der Waals surface area (Å²) in [5.41, 5.74) is -2.73. The Morgan fingerprint density at radius 2 is 1.68 bits per heavy atom. The summed E-state index contributed by atoms with van der Waals surface area (Å²) in [6.45, 7) is -20.0. The average molecular weight is 766 g/mol. The van der Waals surface area contributed by atoms with E-state index >= 15 is 4.79 Å². The van der Waals surface area contributed by atoms with Crippen molar-refractivity contribution in [1.29, 1.82) is 0 Å². The summed E-state index contributed by atoms with van der Waals surface area (Å²) in [5.74, 6) is -5.42. The first-order chi connectivity index (χ1) is 31.4. The smallest absolute Gasteiger partial charge is 0.383 e. The molecule has 1 atom stereocenters. The molecule has 0 bridgehead atoms. The number of hydrogen-bond acceptors (Lipinski definition) is 5. The molecule has 0 saturated carbocycles. The molecule has 6 nitrogen and oxygen atoms in total. The number of piperidine rings is 1. The highest BCUT2D eigenvalue weighted by Gasteiger charge is 2.33. The number of carbonyl (C=O) groups is 1. The second kappa shape index (κ2) is 16.7. The molecule has 1 aliphatic heterocycles. The number of amides is 1. The quantitative estimate of drug-likeness (QED) is 0.0939. The molecular weight excluding hydrogens is 710 g/mol. The number of rotatable bonds is 12. The number of thioether (sulfide) groups is 1. The third-order valence-electron chi connectivity index (χ3n) is 7.94. The minimum atomic E-state index is -4.70. The van der Waals surface area contributed by atoms with E-state index in [0.29, 0.717) is 30.4 Å². The molecule has 1 amide bonds. The molecule has 0 radical (unpaired) electrons. The summed E-state index contributed by atoms with van der Waals surface area (Å²) in [4.78, 5) is 28.0. The van der Waals surface area contributed by atoms with Gasteiger partial charge in [-0.1, -0.05) is 60.7 Å². The lowest BCUT2D eigenvalue weighted by Gasteiger charge is -2.42. The monoisotopic (exact) mass is 765 g/mol. The van der Waals surface area contributed by atoms with Crippen molar-refractivity contribution in [3.8, 4) is 11.1 Å². The van der Waals surface area contributed by atoms with Gasteiger partial charge in [0.1, 0.15) is 6.50 Å². The molecule has 0 N–H and O–H groups in total. The zero-order valence-electron chi connectivity index (χ0n) is 43.8. The van der Waals surface area contributed by atoms with Gasteiger partial charge in [0.25, 0.3) is 0 Å². The molecule has 1 aliphatic rings. The lowest BCUT2D eigenvalue weighted by molar-refractivity contribution is -0.138. The Hall–Kier alpha value is -4.52. The van der Waals surface area contributed by atoms with Crippen LogP contribution in [0, 0.1) is 11.6 Å². The maximum atomic E-state index is 15.7. The van der Waals surface area contributed by atoms with Crippen LogP contribution in [-0.4, -0.2) is 59.5 Å². The molecule has 53 heavy (non-hydrogen) atoms. The summed E-state index contributed by atoms with van der Waals surface area (Å²) < 4.78 is 220. The Morgan fingerprint density at radius 3 is 2.34 bits per heavy atom. The van der Waals surface area contributed by atoms with Gasteiger partial charge in [-0.25, -0.2) is 8.78 Å². The number of alkyl halides is 3. The Morgan fingerprint density at radius 1 is 1.02 bits per heavy atom. The molecule has 4 aromatic carbocycles. The number of fused-ring (bicyclic) bond motifs is 1. The molecule has 1 fully saturated rings. The number of aromatic nitrogens is 1. The Balaban J connectivity index is 1.65. The van der Waals surface area contributed by atoms with Gasteiger partial charge in [0.05, 0.1) is 36.9 Å². The highest BCUT2D eigenvalue weighted by Crippen LogP contribution is 2.34. The van der Waals surface area contributed by atoms with Crippen molar-refractivity contribution in [2.24, 2.45) is 0 Å². The van der Waals surface area contributed by atoms with Crippen LogP contribution >= 0.6 is 11.8 Å². The van der Waals surface area contributed by atoms with E-state index in [1.165, 1.54) is 30.3 Å². The standard InChI is InChI=1S/C41H40F5N3O3S/c1-27(28-10-12-29(13-11-28)30-14-16-32(17-15-30)41(44,45)46)49(33-18-20-47(21-19-33)22-23-52-2)38(51)25-48-36-9-4-3-7-34(36)37(50)24-39(48)53-26-31-6-5-8-35(42)40(31)43/h3-17,24,27,33H,18-23,25-26H2,1-2H3/i18D2,19D2,20D2,21D2,22D2,23D2,25D2,27D,33D. The van der Waals surface area contributed by atoms with Crippen molar-refractivity contribution in [2.75, 3.05) is 33.2 Å². The number of pyridine rings is 1. The van der Waals surface area contributed by atoms with E-state index < -0.39 is 124 Å². The van der Waals surface area contributed by atoms with E-state index in [-0.39, 0.29) is 22.1 Å². The van der Waals surface area contributed by atoms with E-state index in [1.54, 1.807) is 0 Å². The van der Waals surface area contributed by atoms with Gasteiger partial charge in [-0.3, -0.25) is 9.59 Å². The molecule has 1 unspecified atom stereocenters. The molecule has 1 saturated heterocycles. The molecule has 0 aliphatic carbocycles.